The highest BCUT2D eigenvalue weighted by molar-refractivity contribution is 7.07. The third kappa shape index (κ3) is 2.92. The number of carbonyl (C=O) groups is 1. The van der Waals surface area contributed by atoms with E-state index in [1.54, 1.807) is 11.3 Å². The topological polar surface area (TPSA) is 35.5 Å². The fourth-order valence-electron chi connectivity index (χ4n) is 0.746. The average Bonchev–Trinajstić information content (AvgIpc) is 2.57. The average molecular weight is 186 g/mol. The molecule has 0 amide bonds. The molecule has 0 aromatic carbocycles. The lowest BCUT2D eigenvalue weighted by molar-refractivity contribution is 0.0737. The molecule has 1 rings (SSSR count). The first-order chi connectivity index (χ1) is 5.83. The minimum Gasteiger partial charge on any atom is -0.438 e. The van der Waals surface area contributed by atoms with Crippen LogP contribution in [-0.4, -0.2) is 19.9 Å². The van der Waals surface area contributed by atoms with Gasteiger partial charge in [-0.05, 0) is 22.4 Å². The molecule has 0 saturated heterocycles. The van der Waals surface area contributed by atoms with Gasteiger partial charge < -0.3 is 9.47 Å². The van der Waals surface area contributed by atoms with Gasteiger partial charge in [0.25, 0.3) is 0 Å². The number of methoxy groups -OCH3 is 1. The van der Waals surface area contributed by atoms with Crippen LogP contribution in [0.5, 0.6) is 0 Å². The summed E-state index contributed by atoms with van der Waals surface area (Å²) in [5.41, 5.74) is 1.18. The van der Waals surface area contributed by atoms with Gasteiger partial charge in [0.15, 0.2) is 0 Å². The molecule has 0 aliphatic rings. The van der Waals surface area contributed by atoms with Crippen molar-refractivity contribution < 1.29 is 14.3 Å². The molecule has 1 heterocycles. The second-order valence-electron chi connectivity index (χ2n) is 2.18. The van der Waals surface area contributed by atoms with E-state index in [1.807, 2.05) is 16.8 Å². The lowest BCUT2D eigenvalue weighted by Gasteiger charge is -2.00. The van der Waals surface area contributed by atoms with Gasteiger partial charge >= 0.3 is 6.16 Å². The van der Waals surface area contributed by atoms with Gasteiger partial charge in [0.1, 0.15) is 0 Å². The first-order valence-corrected chi connectivity index (χ1v) is 4.49. The van der Waals surface area contributed by atoms with Gasteiger partial charge in [0.2, 0.25) is 0 Å². The van der Waals surface area contributed by atoms with E-state index in [1.165, 1.54) is 12.7 Å². The van der Waals surface area contributed by atoms with E-state index in [0.717, 1.165) is 6.42 Å². The van der Waals surface area contributed by atoms with Gasteiger partial charge in [-0.2, -0.15) is 11.3 Å². The molecular weight excluding hydrogens is 176 g/mol. The summed E-state index contributed by atoms with van der Waals surface area (Å²) < 4.78 is 9.02. The van der Waals surface area contributed by atoms with Crippen molar-refractivity contribution in [1.82, 2.24) is 0 Å². The normalized spacial score (nSPS) is 9.42. The molecule has 0 atom stereocenters. The minimum atomic E-state index is -0.620. The highest BCUT2D eigenvalue weighted by atomic mass is 32.1. The first-order valence-electron chi connectivity index (χ1n) is 3.54. The van der Waals surface area contributed by atoms with Crippen molar-refractivity contribution in [3.05, 3.63) is 22.4 Å². The van der Waals surface area contributed by atoms with E-state index in [-0.39, 0.29) is 0 Å². The lowest BCUT2D eigenvalue weighted by Crippen LogP contribution is -2.06. The third-order valence-electron chi connectivity index (χ3n) is 1.36. The SMILES string of the molecule is COC(=O)OCCc1ccsc1. The molecule has 0 spiro atoms. The van der Waals surface area contributed by atoms with Gasteiger partial charge in [-0.3, -0.25) is 0 Å². The molecular formula is C8H10O3S. The maximum atomic E-state index is 10.5. The molecule has 1 aromatic rings. The van der Waals surface area contributed by atoms with Crippen LogP contribution < -0.4 is 0 Å². The Morgan fingerprint density at radius 2 is 2.50 bits per heavy atom. The van der Waals surface area contributed by atoms with Crippen molar-refractivity contribution in [2.45, 2.75) is 6.42 Å². The summed E-state index contributed by atoms with van der Waals surface area (Å²) in [6.07, 6.45) is 0.128. The Balaban J connectivity index is 2.15. The van der Waals surface area contributed by atoms with Crippen LogP contribution in [0, 0.1) is 0 Å². The number of ether oxygens (including phenoxy) is 2. The predicted octanol–water partition coefficient (Wildman–Crippen LogP) is 2.07. The van der Waals surface area contributed by atoms with Crippen molar-refractivity contribution in [2.24, 2.45) is 0 Å². The number of rotatable bonds is 3. The summed E-state index contributed by atoms with van der Waals surface area (Å²) >= 11 is 1.63. The van der Waals surface area contributed by atoms with Crippen LogP contribution in [-0.2, 0) is 15.9 Å². The standard InChI is InChI=1S/C8H10O3S/c1-10-8(9)11-4-2-7-3-5-12-6-7/h3,5-6H,2,4H2,1H3. The fourth-order valence-corrected chi connectivity index (χ4v) is 1.45. The summed E-state index contributed by atoms with van der Waals surface area (Å²) in [7, 11) is 1.30. The van der Waals surface area contributed by atoms with Gasteiger partial charge in [-0.15, -0.1) is 0 Å². The second kappa shape index (κ2) is 4.77. The van der Waals surface area contributed by atoms with Crippen molar-refractivity contribution in [3.63, 3.8) is 0 Å². The Labute approximate surface area is 74.9 Å². The molecule has 0 aliphatic carbocycles. The molecule has 0 unspecified atom stereocenters. The van der Waals surface area contributed by atoms with Crippen LogP contribution in [0.2, 0.25) is 0 Å². The largest absolute Gasteiger partial charge is 0.507 e. The quantitative estimate of drug-likeness (QED) is 0.678. The molecule has 12 heavy (non-hydrogen) atoms. The molecule has 0 radical (unpaired) electrons. The van der Waals surface area contributed by atoms with Gasteiger partial charge in [0, 0.05) is 6.42 Å². The number of hydrogen-bond acceptors (Lipinski definition) is 4. The van der Waals surface area contributed by atoms with Crippen molar-refractivity contribution in [3.8, 4) is 0 Å². The Hall–Kier alpha value is -1.03. The van der Waals surface area contributed by atoms with Crippen LogP contribution in [0.25, 0.3) is 0 Å². The van der Waals surface area contributed by atoms with Crippen LogP contribution in [0.1, 0.15) is 5.56 Å². The molecule has 0 N–H and O–H groups in total. The molecule has 0 aliphatic heterocycles. The highest BCUT2D eigenvalue weighted by Crippen LogP contribution is 2.06. The van der Waals surface area contributed by atoms with Gasteiger partial charge in [-0.1, -0.05) is 0 Å². The molecule has 4 heteroatoms. The van der Waals surface area contributed by atoms with Crippen LogP contribution in [0.3, 0.4) is 0 Å². The maximum absolute atomic E-state index is 10.5. The molecule has 66 valence electrons. The minimum absolute atomic E-state index is 0.378. The van der Waals surface area contributed by atoms with E-state index in [4.69, 9.17) is 4.74 Å². The van der Waals surface area contributed by atoms with Crippen LogP contribution in [0.15, 0.2) is 16.8 Å². The summed E-state index contributed by atoms with van der Waals surface area (Å²) in [6.45, 7) is 0.378. The van der Waals surface area contributed by atoms with Crippen molar-refractivity contribution >= 4 is 17.5 Å². The molecule has 0 bridgehead atoms. The summed E-state index contributed by atoms with van der Waals surface area (Å²) in [5.74, 6) is 0. The fraction of sp³-hybridized carbons (Fsp3) is 0.375. The van der Waals surface area contributed by atoms with Crippen molar-refractivity contribution in [2.75, 3.05) is 13.7 Å². The summed E-state index contributed by atoms with van der Waals surface area (Å²) in [6, 6.07) is 2.01. The molecule has 0 saturated carbocycles. The van der Waals surface area contributed by atoms with E-state index < -0.39 is 6.16 Å². The zero-order valence-corrected chi connectivity index (χ0v) is 7.60. The van der Waals surface area contributed by atoms with Crippen molar-refractivity contribution in [1.29, 1.82) is 0 Å². The van der Waals surface area contributed by atoms with Gasteiger partial charge in [-0.25, -0.2) is 4.79 Å². The van der Waals surface area contributed by atoms with E-state index in [0.29, 0.717) is 6.61 Å². The van der Waals surface area contributed by atoms with E-state index in [2.05, 4.69) is 4.74 Å². The monoisotopic (exact) mass is 186 g/mol. The number of hydrogen-bond donors (Lipinski definition) is 0. The first kappa shape index (κ1) is 9.06. The van der Waals surface area contributed by atoms with Crippen LogP contribution in [0.4, 0.5) is 4.79 Å². The zero-order valence-electron chi connectivity index (χ0n) is 6.78. The second-order valence-corrected chi connectivity index (χ2v) is 2.96. The van der Waals surface area contributed by atoms with Crippen LogP contribution >= 0.6 is 11.3 Å². The van der Waals surface area contributed by atoms with Gasteiger partial charge in [0.05, 0.1) is 13.7 Å². The Morgan fingerprint density at radius 3 is 3.08 bits per heavy atom. The molecule has 1 aromatic heterocycles. The smallest absolute Gasteiger partial charge is 0.438 e. The highest BCUT2D eigenvalue weighted by Gasteiger charge is 1.99. The zero-order chi connectivity index (χ0) is 8.81. The van der Waals surface area contributed by atoms with E-state index in [9.17, 15) is 4.79 Å². The Morgan fingerprint density at radius 1 is 1.67 bits per heavy atom. The summed E-state index contributed by atoms with van der Waals surface area (Å²) in [4.78, 5) is 10.5. The predicted molar refractivity (Wildman–Crippen MR) is 46.4 cm³/mol. The maximum Gasteiger partial charge on any atom is 0.507 e. The summed E-state index contributed by atoms with van der Waals surface area (Å²) in [5, 5.41) is 4.02. The number of carbonyl (C=O) groups excluding carboxylic acids is 1. The molecule has 3 nitrogen and oxygen atoms in total. The van der Waals surface area contributed by atoms with E-state index >= 15 is 0 Å². The Kier molecular flexibility index (Phi) is 3.60. The lowest BCUT2D eigenvalue weighted by atomic mass is 10.3. The Bertz CT molecular complexity index is 230. The molecule has 0 fully saturated rings. The third-order valence-corrected chi connectivity index (χ3v) is 2.09. The number of thiophene rings is 1.